The number of carbonyl (C=O) groups is 3. The van der Waals surface area contributed by atoms with Crippen LogP contribution in [0.2, 0.25) is 0 Å². The van der Waals surface area contributed by atoms with Crippen LogP contribution in [-0.2, 0) is 9.59 Å². The van der Waals surface area contributed by atoms with Crippen LogP contribution in [0.4, 0.5) is 0 Å². The number of hydrogen-bond donors (Lipinski definition) is 1. The summed E-state index contributed by atoms with van der Waals surface area (Å²) in [6.45, 7) is 5.43. The molecule has 2 heterocycles. The lowest BCUT2D eigenvalue weighted by Crippen LogP contribution is -2.41. The summed E-state index contributed by atoms with van der Waals surface area (Å²) in [5, 5.41) is 3.03. The van der Waals surface area contributed by atoms with Crippen molar-refractivity contribution in [3.8, 4) is 5.75 Å². The molecule has 6 heteroatoms. The number of nitrogens with zero attached hydrogens (tertiary/aromatic N) is 1. The lowest BCUT2D eigenvalue weighted by molar-refractivity contribution is -0.132. The molecule has 2 aliphatic rings. The molecule has 0 saturated carbocycles. The van der Waals surface area contributed by atoms with Crippen molar-refractivity contribution in [3.05, 3.63) is 29.3 Å². The summed E-state index contributed by atoms with van der Waals surface area (Å²) in [4.78, 5) is 39.0. The van der Waals surface area contributed by atoms with Crippen LogP contribution < -0.4 is 10.1 Å². The third-order valence-corrected chi connectivity index (χ3v) is 5.42. The fraction of sp³-hybridized carbons (Fsp3) is 0.571. The van der Waals surface area contributed by atoms with Crippen molar-refractivity contribution in [2.75, 3.05) is 19.7 Å². The molecule has 0 radical (unpaired) electrons. The summed E-state index contributed by atoms with van der Waals surface area (Å²) >= 11 is 0. The third-order valence-electron chi connectivity index (χ3n) is 5.42. The normalized spacial score (nSPS) is 22.0. The first-order chi connectivity index (χ1) is 13.0. The van der Waals surface area contributed by atoms with E-state index < -0.39 is 0 Å². The number of carbonyl (C=O) groups excluding carboxylic acids is 3. The van der Waals surface area contributed by atoms with E-state index >= 15 is 0 Å². The van der Waals surface area contributed by atoms with Crippen molar-refractivity contribution in [3.63, 3.8) is 0 Å². The Hall–Kier alpha value is -2.37. The van der Waals surface area contributed by atoms with Gasteiger partial charge >= 0.3 is 0 Å². The summed E-state index contributed by atoms with van der Waals surface area (Å²) in [5.74, 6) is 0.635. The van der Waals surface area contributed by atoms with Crippen molar-refractivity contribution in [2.45, 2.75) is 52.0 Å². The summed E-state index contributed by atoms with van der Waals surface area (Å²) in [7, 11) is 0. The van der Waals surface area contributed by atoms with Gasteiger partial charge in [0.25, 0.3) is 0 Å². The summed E-state index contributed by atoms with van der Waals surface area (Å²) in [5.41, 5.74) is 1.52. The highest BCUT2D eigenvalue weighted by molar-refractivity contribution is 5.98. The number of fused-ring (bicyclic) bond motifs is 3. The third kappa shape index (κ3) is 4.67. The number of likely N-dealkylation sites (tertiary alicyclic amines) is 1. The van der Waals surface area contributed by atoms with Crippen LogP contribution in [0.1, 0.15) is 54.9 Å². The lowest BCUT2D eigenvalue weighted by Gasteiger charge is -2.27. The van der Waals surface area contributed by atoms with Crippen molar-refractivity contribution in [2.24, 2.45) is 5.92 Å². The quantitative estimate of drug-likeness (QED) is 0.779. The van der Waals surface area contributed by atoms with E-state index in [9.17, 15) is 14.4 Å². The fourth-order valence-corrected chi connectivity index (χ4v) is 3.92. The zero-order valence-corrected chi connectivity index (χ0v) is 16.1. The van der Waals surface area contributed by atoms with Crippen molar-refractivity contribution >= 4 is 17.6 Å². The molecule has 2 atom stereocenters. The zero-order chi connectivity index (χ0) is 19.4. The van der Waals surface area contributed by atoms with Gasteiger partial charge in [0, 0.05) is 37.5 Å². The highest BCUT2D eigenvalue weighted by Gasteiger charge is 2.34. The van der Waals surface area contributed by atoms with E-state index in [0.717, 1.165) is 30.6 Å². The summed E-state index contributed by atoms with van der Waals surface area (Å²) in [6, 6.07) is 5.42. The number of nitrogens with one attached hydrogen (secondary N) is 1. The van der Waals surface area contributed by atoms with E-state index in [1.165, 1.54) is 0 Å². The molecule has 2 saturated heterocycles. The standard InChI is InChI=1S/C21H28N2O4/c1-3-27-19-9-7-15(11-14(19)2)18(24)8-10-20(25)23-12-16-5-4-6-17(13-23)22-21(16)26/h7,9,11,16-17H,3-6,8,10,12-13H2,1-2H3,(H,22,26)/t16-,17+/m0/s1. The highest BCUT2D eigenvalue weighted by Crippen LogP contribution is 2.23. The second-order valence-electron chi connectivity index (χ2n) is 7.47. The van der Waals surface area contributed by atoms with Gasteiger partial charge in [-0.15, -0.1) is 0 Å². The predicted molar refractivity (Wildman–Crippen MR) is 102 cm³/mol. The number of Topliss-reactive ketones (excluding diaryl/α,β-unsaturated/α-hetero) is 1. The van der Waals surface area contributed by atoms with Crippen LogP contribution in [0.3, 0.4) is 0 Å². The van der Waals surface area contributed by atoms with Gasteiger partial charge < -0.3 is 15.0 Å². The molecule has 2 aliphatic heterocycles. The van der Waals surface area contributed by atoms with Crippen LogP contribution in [0, 0.1) is 12.8 Å². The molecule has 2 bridgehead atoms. The number of benzene rings is 1. The molecule has 0 aliphatic carbocycles. The van der Waals surface area contributed by atoms with Crippen LogP contribution >= 0.6 is 0 Å². The van der Waals surface area contributed by atoms with Gasteiger partial charge in [0.15, 0.2) is 5.78 Å². The molecule has 3 rings (SSSR count). The molecule has 1 aromatic rings. The average Bonchev–Trinajstić information content (AvgIpc) is 2.89. The summed E-state index contributed by atoms with van der Waals surface area (Å²) in [6.07, 6.45) is 3.12. The van der Waals surface area contributed by atoms with E-state index in [2.05, 4.69) is 5.32 Å². The highest BCUT2D eigenvalue weighted by atomic mass is 16.5. The number of ketones is 1. The van der Waals surface area contributed by atoms with E-state index in [1.807, 2.05) is 19.9 Å². The maximum Gasteiger partial charge on any atom is 0.225 e. The van der Waals surface area contributed by atoms with Gasteiger partial charge in [-0.25, -0.2) is 0 Å². The van der Waals surface area contributed by atoms with Crippen molar-refractivity contribution in [1.82, 2.24) is 10.2 Å². The van der Waals surface area contributed by atoms with E-state index in [4.69, 9.17) is 4.74 Å². The van der Waals surface area contributed by atoms with E-state index in [0.29, 0.717) is 25.3 Å². The Labute approximate surface area is 160 Å². The largest absolute Gasteiger partial charge is 0.494 e. The molecule has 146 valence electrons. The predicted octanol–water partition coefficient (Wildman–Crippen LogP) is 2.48. The second kappa shape index (κ2) is 8.55. The molecule has 1 aromatic carbocycles. The molecule has 2 fully saturated rings. The Bertz CT molecular complexity index is 731. The van der Waals surface area contributed by atoms with E-state index in [1.54, 1.807) is 17.0 Å². The SMILES string of the molecule is CCOc1ccc(C(=O)CCC(=O)N2C[C@H]3CCC[C@@H](C2)C(=O)N3)cc1C. The maximum atomic E-state index is 12.6. The summed E-state index contributed by atoms with van der Waals surface area (Å²) < 4.78 is 5.50. The molecule has 0 unspecified atom stereocenters. The minimum atomic E-state index is -0.120. The number of aryl methyl sites for hydroxylation is 1. The average molecular weight is 372 g/mol. The Morgan fingerprint density at radius 3 is 2.78 bits per heavy atom. The van der Waals surface area contributed by atoms with E-state index in [-0.39, 0.29) is 42.4 Å². The monoisotopic (exact) mass is 372 g/mol. The smallest absolute Gasteiger partial charge is 0.225 e. The lowest BCUT2D eigenvalue weighted by atomic mass is 9.98. The molecule has 27 heavy (non-hydrogen) atoms. The molecular formula is C21H28N2O4. The van der Waals surface area contributed by atoms with Crippen LogP contribution in [0.5, 0.6) is 5.75 Å². The first-order valence-corrected chi connectivity index (χ1v) is 9.82. The van der Waals surface area contributed by atoms with Gasteiger partial charge in [-0.05, 0) is 50.5 Å². The number of ether oxygens (including phenoxy) is 1. The number of amides is 2. The molecule has 1 N–H and O–H groups in total. The van der Waals surface area contributed by atoms with Gasteiger partial charge in [0.1, 0.15) is 5.75 Å². The maximum absolute atomic E-state index is 12.6. The van der Waals surface area contributed by atoms with Gasteiger partial charge in [0.2, 0.25) is 11.8 Å². The topological polar surface area (TPSA) is 75.7 Å². The van der Waals surface area contributed by atoms with Crippen molar-refractivity contribution in [1.29, 1.82) is 0 Å². The Morgan fingerprint density at radius 2 is 2.04 bits per heavy atom. The second-order valence-corrected chi connectivity index (χ2v) is 7.47. The molecule has 6 nitrogen and oxygen atoms in total. The van der Waals surface area contributed by atoms with Crippen LogP contribution in [0.15, 0.2) is 18.2 Å². The Morgan fingerprint density at radius 1 is 1.22 bits per heavy atom. The number of hydrogen-bond acceptors (Lipinski definition) is 4. The Kier molecular flexibility index (Phi) is 6.14. The van der Waals surface area contributed by atoms with Crippen LogP contribution in [-0.4, -0.2) is 48.2 Å². The minimum absolute atomic E-state index is 0.0402. The van der Waals surface area contributed by atoms with Gasteiger partial charge in [-0.3, -0.25) is 14.4 Å². The Balaban J connectivity index is 1.58. The minimum Gasteiger partial charge on any atom is -0.494 e. The molecule has 0 aromatic heterocycles. The fourth-order valence-electron chi connectivity index (χ4n) is 3.92. The van der Waals surface area contributed by atoms with Crippen LogP contribution in [0.25, 0.3) is 0 Å². The number of rotatable bonds is 6. The van der Waals surface area contributed by atoms with Gasteiger partial charge in [0.05, 0.1) is 12.5 Å². The van der Waals surface area contributed by atoms with Crippen molar-refractivity contribution < 1.29 is 19.1 Å². The molecular weight excluding hydrogens is 344 g/mol. The van der Waals surface area contributed by atoms with Gasteiger partial charge in [-0.2, -0.15) is 0 Å². The zero-order valence-electron chi connectivity index (χ0n) is 16.1. The first-order valence-electron chi connectivity index (χ1n) is 9.82. The first kappa shape index (κ1) is 19.4. The van der Waals surface area contributed by atoms with Gasteiger partial charge in [-0.1, -0.05) is 6.42 Å². The molecule has 2 amide bonds. The molecule has 0 spiro atoms.